The van der Waals surface area contributed by atoms with E-state index in [2.05, 4.69) is 4.99 Å². The number of hydroxylamine groups is 3. The van der Waals surface area contributed by atoms with Crippen LogP contribution in [-0.4, -0.2) is 36.3 Å². The van der Waals surface area contributed by atoms with Crippen molar-refractivity contribution in [1.82, 2.24) is 0 Å². The normalized spacial score (nSPS) is 22.8. The minimum atomic E-state index is -5.19. The van der Waals surface area contributed by atoms with Gasteiger partial charge in [0.25, 0.3) is 0 Å². The third-order valence-electron chi connectivity index (χ3n) is 1.88. The number of aliphatic carboxylic acids is 1. The van der Waals surface area contributed by atoms with Crippen molar-refractivity contribution in [2.24, 2.45) is 4.99 Å². The zero-order valence-corrected chi connectivity index (χ0v) is 9.61. The number of nitrogens with zero attached hydrogens (tertiary/aromatic N) is 2. The number of carbonyl (C=O) groups is 1. The van der Waals surface area contributed by atoms with Gasteiger partial charge in [-0.25, -0.2) is 4.99 Å². The third kappa shape index (κ3) is 4.96. The molecule has 0 aromatic carbocycles. The Labute approximate surface area is 96.4 Å². The molecule has 0 saturated carbocycles. The summed E-state index contributed by atoms with van der Waals surface area (Å²) in [6, 6.07) is 0. The minimum absolute atomic E-state index is 0.399. The predicted octanol–water partition coefficient (Wildman–Crippen LogP) is 0.586. The monoisotopic (exact) mass is 254 g/mol. The van der Waals surface area contributed by atoms with Crippen LogP contribution in [0.15, 0.2) is 17.4 Å². The summed E-state index contributed by atoms with van der Waals surface area (Å²) in [5.74, 6) is -2.03. The lowest BCUT2D eigenvalue weighted by Gasteiger charge is -2.21. The second kappa shape index (κ2) is 5.78. The molecule has 0 aromatic rings. The van der Waals surface area contributed by atoms with E-state index in [4.69, 9.17) is 14.7 Å². The van der Waals surface area contributed by atoms with E-state index in [1.54, 1.807) is 6.20 Å². The Hall–Kier alpha value is -1.41. The average molecular weight is 254 g/mol. The van der Waals surface area contributed by atoms with Gasteiger partial charge in [-0.1, -0.05) is 0 Å². The summed E-state index contributed by atoms with van der Waals surface area (Å²) < 4.78 is 31.9. The lowest BCUT2D eigenvalue weighted by molar-refractivity contribution is -0.977. The molecule has 0 radical (unpaired) electrons. The molecule has 0 saturated heterocycles. The number of aliphatic imine (C=N–C) groups is 1. The van der Waals surface area contributed by atoms with Crippen LogP contribution in [0.4, 0.5) is 13.2 Å². The predicted molar refractivity (Wildman–Crippen MR) is 51.1 cm³/mol. The van der Waals surface area contributed by atoms with E-state index in [9.17, 15) is 13.2 Å². The number of alkyl halides is 3. The Morgan fingerprint density at radius 3 is 2.29 bits per heavy atom. The summed E-state index contributed by atoms with van der Waals surface area (Å²) in [6.07, 6.45) is -1.51. The molecule has 0 N–H and O–H groups in total. The van der Waals surface area contributed by atoms with Gasteiger partial charge in [-0.3, -0.25) is 0 Å². The highest BCUT2D eigenvalue weighted by Crippen LogP contribution is 2.13. The molecule has 8 heteroatoms. The second-order valence-electron chi connectivity index (χ2n) is 3.17. The van der Waals surface area contributed by atoms with Crippen LogP contribution in [0.2, 0.25) is 0 Å². The average Bonchev–Trinajstić information content (AvgIpc) is 2.47. The third-order valence-corrected chi connectivity index (χ3v) is 1.88. The maximum atomic E-state index is 10.5. The molecule has 0 spiro atoms. The van der Waals surface area contributed by atoms with Gasteiger partial charge >= 0.3 is 6.18 Å². The van der Waals surface area contributed by atoms with Crippen molar-refractivity contribution < 1.29 is 32.6 Å². The summed E-state index contributed by atoms with van der Waals surface area (Å²) in [7, 11) is 1.96. The molecule has 1 heterocycles. The molecule has 5 nitrogen and oxygen atoms in total. The molecule has 17 heavy (non-hydrogen) atoms. The topological polar surface area (TPSA) is 61.7 Å². The fourth-order valence-corrected chi connectivity index (χ4v) is 0.896. The lowest BCUT2D eigenvalue weighted by Crippen LogP contribution is -2.40. The van der Waals surface area contributed by atoms with E-state index in [1.807, 2.05) is 27.1 Å². The van der Waals surface area contributed by atoms with Gasteiger partial charge in [0.05, 0.1) is 6.20 Å². The maximum Gasteiger partial charge on any atom is 0.430 e. The molecule has 1 aliphatic heterocycles. The molecule has 0 fully saturated rings. The van der Waals surface area contributed by atoms with Gasteiger partial charge in [-0.15, -0.1) is 4.65 Å². The van der Waals surface area contributed by atoms with Gasteiger partial charge in [0, 0.05) is 6.92 Å². The number of carboxylic acids is 1. The molecule has 0 bridgehead atoms. The standard InChI is InChI=1S/C7H13N2O.C2HF3O2/c1-4-10-9(3)6-5-8-7(9)2;3-2(4,5)1(6)7/h5-6H,4H2,1-3H3;(H,6,7)/q+1;/p-1. The Morgan fingerprint density at radius 1 is 1.59 bits per heavy atom. The quantitative estimate of drug-likeness (QED) is 0.677. The summed E-state index contributed by atoms with van der Waals surface area (Å²) in [4.78, 5) is 18.3. The fourth-order valence-electron chi connectivity index (χ4n) is 0.896. The molecule has 1 aliphatic rings. The zero-order chi connectivity index (χ0) is 13.7. The number of carbonyl (C=O) groups excluding carboxylic acids is 1. The number of quaternary nitrogens is 1. The van der Waals surface area contributed by atoms with Crippen molar-refractivity contribution in [2.45, 2.75) is 20.0 Å². The number of hydrogen-bond donors (Lipinski definition) is 0. The van der Waals surface area contributed by atoms with E-state index < -0.39 is 12.1 Å². The first-order chi connectivity index (χ1) is 7.63. The first-order valence-electron chi connectivity index (χ1n) is 4.65. The van der Waals surface area contributed by atoms with E-state index in [0.29, 0.717) is 11.3 Å². The first-order valence-corrected chi connectivity index (χ1v) is 4.65. The zero-order valence-electron chi connectivity index (χ0n) is 9.61. The van der Waals surface area contributed by atoms with E-state index in [-0.39, 0.29) is 0 Å². The molecule has 1 atom stereocenters. The van der Waals surface area contributed by atoms with Crippen molar-refractivity contribution >= 4 is 11.8 Å². The van der Waals surface area contributed by atoms with E-state index in [0.717, 1.165) is 5.84 Å². The van der Waals surface area contributed by atoms with Crippen LogP contribution >= 0.6 is 0 Å². The highest BCUT2D eigenvalue weighted by atomic mass is 19.4. The molecule has 0 amide bonds. The van der Waals surface area contributed by atoms with Crippen LogP contribution < -0.4 is 5.11 Å². The maximum absolute atomic E-state index is 10.5. The highest BCUT2D eigenvalue weighted by Gasteiger charge is 2.29. The van der Waals surface area contributed by atoms with Gasteiger partial charge in [0.2, 0.25) is 5.84 Å². The van der Waals surface area contributed by atoms with Crippen LogP contribution in [0.3, 0.4) is 0 Å². The van der Waals surface area contributed by atoms with Gasteiger partial charge in [-0.05, 0) is 6.92 Å². The SMILES string of the molecule is CCO[N+]1(C)C=CN=C1C.O=C([O-])C(F)(F)F. The largest absolute Gasteiger partial charge is 0.542 e. The Morgan fingerprint density at radius 2 is 2.06 bits per heavy atom. The number of halogens is 3. The molecular formula is C9H13F3N2O3. The molecule has 1 unspecified atom stereocenters. The Kier molecular flexibility index (Phi) is 5.30. The van der Waals surface area contributed by atoms with E-state index in [1.165, 1.54) is 0 Å². The number of carboxylic acid groups (broad SMARTS) is 1. The van der Waals surface area contributed by atoms with Crippen LogP contribution in [0.25, 0.3) is 0 Å². The van der Waals surface area contributed by atoms with Gasteiger partial charge in [0.15, 0.2) is 6.20 Å². The summed E-state index contributed by atoms with van der Waals surface area (Å²) in [6.45, 7) is 4.63. The highest BCUT2D eigenvalue weighted by molar-refractivity contribution is 5.74. The van der Waals surface area contributed by atoms with Crippen molar-refractivity contribution in [3.8, 4) is 0 Å². The summed E-state index contributed by atoms with van der Waals surface area (Å²) in [5, 5.41) is 8.78. The van der Waals surface area contributed by atoms with Crippen molar-refractivity contribution in [3.05, 3.63) is 12.4 Å². The van der Waals surface area contributed by atoms with Crippen LogP contribution in [0, 0.1) is 0 Å². The number of amidine groups is 1. The molecule has 1 rings (SSSR count). The molecule has 0 aromatic heterocycles. The molecule has 98 valence electrons. The van der Waals surface area contributed by atoms with Gasteiger partial charge in [0.1, 0.15) is 19.6 Å². The number of rotatable bonds is 2. The summed E-state index contributed by atoms with van der Waals surface area (Å²) >= 11 is 0. The van der Waals surface area contributed by atoms with Gasteiger partial charge in [-0.2, -0.15) is 18.0 Å². The van der Waals surface area contributed by atoms with Crippen LogP contribution in [0.5, 0.6) is 0 Å². The Balaban J connectivity index is 0.000000325. The molecule has 0 aliphatic carbocycles. The van der Waals surface area contributed by atoms with Crippen molar-refractivity contribution in [3.63, 3.8) is 0 Å². The first kappa shape index (κ1) is 15.6. The smallest absolute Gasteiger partial charge is 0.430 e. The van der Waals surface area contributed by atoms with Crippen molar-refractivity contribution in [2.75, 3.05) is 13.7 Å². The number of hydrogen-bond acceptors (Lipinski definition) is 4. The summed E-state index contributed by atoms with van der Waals surface area (Å²) in [5.41, 5.74) is 0. The van der Waals surface area contributed by atoms with E-state index >= 15 is 0 Å². The van der Waals surface area contributed by atoms with Gasteiger partial charge < -0.3 is 9.90 Å². The fraction of sp³-hybridized carbons (Fsp3) is 0.556. The molecular weight excluding hydrogens is 241 g/mol. The lowest BCUT2D eigenvalue weighted by atomic mass is 10.6. The van der Waals surface area contributed by atoms with Crippen molar-refractivity contribution in [1.29, 1.82) is 0 Å². The minimum Gasteiger partial charge on any atom is -0.542 e. The Bertz CT molecular complexity index is 339. The van der Waals surface area contributed by atoms with Crippen LogP contribution in [-0.2, 0) is 9.63 Å². The van der Waals surface area contributed by atoms with Crippen LogP contribution in [0.1, 0.15) is 13.8 Å². The second-order valence-corrected chi connectivity index (χ2v) is 3.17.